The van der Waals surface area contributed by atoms with Gasteiger partial charge >= 0.3 is 5.97 Å². The van der Waals surface area contributed by atoms with Gasteiger partial charge < -0.3 is 4.74 Å². The molecule has 1 atom stereocenters. The highest BCUT2D eigenvalue weighted by atomic mass is 32.2. The Balaban J connectivity index is 1.29. The summed E-state index contributed by atoms with van der Waals surface area (Å²) in [6.07, 6.45) is 0.631. The maximum atomic E-state index is 13.0. The lowest BCUT2D eigenvalue weighted by molar-refractivity contribution is -0.146. The molecule has 0 saturated carbocycles. The van der Waals surface area contributed by atoms with Crippen LogP contribution in [0, 0.1) is 0 Å². The lowest BCUT2D eigenvalue weighted by Gasteiger charge is -2.28. The summed E-state index contributed by atoms with van der Waals surface area (Å²) in [4.78, 5) is 52.6. The Kier molecular flexibility index (Phi) is 3.99. The topological polar surface area (TPSA) is 84.0 Å². The van der Waals surface area contributed by atoms with E-state index in [4.69, 9.17) is 4.74 Å². The van der Waals surface area contributed by atoms with Crippen LogP contribution in [0.5, 0.6) is 0 Å². The lowest BCUT2D eigenvalue weighted by atomic mass is 10.1. The van der Waals surface area contributed by atoms with Gasteiger partial charge in [-0.15, -0.1) is 0 Å². The van der Waals surface area contributed by atoms with Crippen LogP contribution in [0.3, 0.4) is 0 Å². The van der Waals surface area contributed by atoms with Gasteiger partial charge in [0.2, 0.25) is 5.91 Å². The van der Waals surface area contributed by atoms with Gasteiger partial charge in [0.25, 0.3) is 11.8 Å². The van der Waals surface area contributed by atoms with Gasteiger partial charge in [-0.1, -0.05) is 36.0 Å². The Morgan fingerprint density at radius 3 is 2.38 bits per heavy atom. The molecule has 1 fully saturated rings. The number of imide groups is 1. The molecule has 3 aliphatic heterocycles. The van der Waals surface area contributed by atoms with Crippen LogP contribution < -0.4 is 4.90 Å². The second-order valence-corrected chi connectivity index (χ2v) is 8.35. The number of thioether (sulfide) groups is 1. The molecule has 8 heteroatoms. The number of para-hydroxylation sites is 1. The number of nitrogens with zero attached hydrogens (tertiary/aromatic N) is 2. The molecule has 7 nitrogen and oxygen atoms in total. The molecule has 0 N–H and O–H groups in total. The van der Waals surface area contributed by atoms with Crippen molar-refractivity contribution < 1.29 is 23.9 Å². The minimum atomic E-state index is -1.11. The zero-order valence-electron chi connectivity index (χ0n) is 15.3. The van der Waals surface area contributed by atoms with Crippen LogP contribution in [-0.4, -0.2) is 46.6 Å². The number of carbonyl (C=O) groups excluding carboxylic acids is 4. The van der Waals surface area contributed by atoms with Gasteiger partial charge in [0, 0.05) is 17.7 Å². The van der Waals surface area contributed by atoms with E-state index >= 15 is 0 Å². The number of hydrogen-bond donors (Lipinski definition) is 0. The quantitative estimate of drug-likeness (QED) is 0.571. The van der Waals surface area contributed by atoms with Crippen molar-refractivity contribution in [2.24, 2.45) is 0 Å². The van der Waals surface area contributed by atoms with E-state index in [0.29, 0.717) is 17.5 Å². The van der Waals surface area contributed by atoms with Crippen LogP contribution in [0.25, 0.3) is 0 Å². The van der Waals surface area contributed by atoms with E-state index in [1.165, 1.54) is 16.7 Å². The van der Waals surface area contributed by atoms with Crippen molar-refractivity contribution in [1.82, 2.24) is 4.90 Å². The van der Waals surface area contributed by atoms with E-state index in [1.807, 2.05) is 24.3 Å². The highest BCUT2D eigenvalue weighted by Crippen LogP contribution is 2.56. The molecular formula is C21H16N2O5S. The second-order valence-electron chi connectivity index (χ2n) is 7.03. The van der Waals surface area contributed by atoms with Gasteiger partial charge in [-0.2, -0.15) is 0 Å². The predicted molar refractivity (Wildman–Crippen MR) is 105 cm³/mol. The Morgan fingerprint density at radius 1 is 1.00 bits per heavy atom. The zero-order chi connectivity index (χ0) is 20.2. The smallest absolute Gasteiger partial charge is 0.343 e. The highest BCUT2D eigenvalue weighted by molar-refractivity contribution is 8.02. The molecule has 0 spiro atoms. The van der Waals surface area contributed by atoms with E-state index in [9.17, 15) is 19.2 Å². The molecule has 29 heavy (non-hydrogen) atoms. The van der Waals surface area contributed by atoms with E-state index in [1.54, 1.807) is 24.3 Å². The van der Waals surface area contributed by atoms with Crippen LogP contribution in [-0.2, 0) is 14.3 Å². The molecule has 3 aliphatic rings. The minimum Gasteiger partial charge on any atom is -0.461 e. The molecular weight excluding hydrogens is 392 g/mol. The number of amides is 3. The number of rotatable bonds is 4. The molecule has 0 bridgehead atoms. The van der Waals surface area contributed by atoms with Crippen molar-refractivity contribution in [1.29, 1.82) is 0 Å². The Labute approximate surface area is 170 Å². The van der Waals surface area contributed by atoms with E-state index in [2.05, 4.69) is 0 Å². The molecule has 2 aromatic rings. The number of carbonyl (C=O) groups is 4. The molecule has 0 radical (unpaired) electrons. The maximum Gasteiger partial charge on any atom is 0.343 e. The van der Waals surface area contributed by atoms with Crippen molar-refractivity contribution in [2.75, 3.05) is 18.1 Å². The van der Waals surface area contributed by atoms with Gasteiger partial charge in [0.1, 0.15) is 6.61 Å². The fourth-order valence-electron chi connectivity index (χ4n) is 4.06. The summed E-state index contributed by atoms with van der Waals surface area (Å²) < 4.78 is 5.47. The van der Waals surface area contributed by atoms with Crippen molar-refractivity contribution in [3.8, 4) is 0 Å². The molecule has 3 heterocycles. The molecule has 1 saturated heterocycles. The summed E-state index contributed by atoms with van der Waals surface area (Å²) in [6.45, 7) is -0.148. The van der Waals surface area contributed by atoms with Crippen LogP contribution in [0.15, 0.2) is 53.4 Å². The second kappa shape index (κ2) is 6.45. The summed E-state index contributed by atoms with van der Waals surface area (Å²) in [7, 11) is 0. The summed E-state index contributed by atoms with van der Waals surface area (Å²) in [5, 5.41) is 0. The molecule has 3 amide bonds. The Morgan fingerprint density at radius 2 is 1.66 bits per heavy atom. The number of anilines is 1. The first kappa shape index (κ1) is 17.9. The minimum absolute atomic E-state index is 0.0280. The third-order valence-corrected chi connectivity index (χ3v) is 6.87. The molecule has 5 rings (SSSR count). The SMILES string of the molecule is O=C1c2ccccc2C(=O)N1CCOC(=O)C12CCC(=O)N1c1ccccc1S2. The molecule has 1 unspecified atom stereocenters. The Hall–Kier alpha value is -3.13. The number of fused-ring (bicyclic) bond motifs is 4. The predicted octanol–water partition coefficient (Wildman–Crippen LogP) is 2.45. The zero-order valence-corrected chi connectivity index (χ0v) is 16.1. The third kappa shape index (κ3) is 2.52. The van der Waals surface area contributed by atoms with Crippen molar-refractivity contribution in [3.63, 3.8) is 0 Å². The first-order chi connectivity index (χ1) is 14.0. The van der Waals surface area contributed by atoms with Gasteiger partial charge in [-0.3, -0.25) is 24.2 Å². The van der Waals surface area contributed by atoms with E-state index in [-0.39, 0.29) is 37.3 Å². The number of esters is 1. The average Bonchev–Trinajstić information content (AvgIpc) is 3.33. The normalized spacial score (nSPS) is 22.0. The summed E-state index contributed by atoms with van der Waals surface area (Å²) in [5.74, 6) is -1.42. The molecule has 0 aliphatic carbocycles. The first-order valence-electron chi connectivity index (χ1n) is 9.26. The van der Waals surface area contributed by atoms with Gasteiger partial charge in [0.15, 0.2) is 4.87 Å². The van der Waals surface area contributed by atoms with Crippen LogP contribution in [0.4, 0.5) is 5.69 Å². The molecule has 0 aromatic heterocycles. The summed E-state index contributed by atoms with van der Waals surface area (Å²) in [5.41, 5.74) is 1.44. The van der Waals surface area contributed by atoms with Crippen LogP contribution in [0.1, 0.15) is 33.6 Å². The van der Waals surface area contributed by atoms with Gasteiger partial charge in [-0.05, 0) is 24.3 Å². The Bertz CT molecular complexity index is 1050. The fourth-order valence-corrected chi connectivity index (χ4v) is 5.47. The summed E-state index contributed by atoms with van der Waals surface area (Å²) in [6, 6.07) is 14.0. The fraction of sp³-hybridized carbons (Fsp3) is 0.238. The van der Waals surface area contributed by atoms with Crippen molar-refractivity contribution in [2.45, 2.75) is 22.6 Å². The molecule has 2 aromatic carbocycles. The number of benzene rings is 2. The molecule has 146 valence electrons. The van der Waals surface area contributed by atoms with E-state index in [0.717, 1.165) is 15.5 Å². The van der Waals surface area contributed by atoms with Gasteiger partial charge in [-0.25, -0.2) is 4.79 Å². The number of ether oxygens (including phenoxy) is 1. The summed E-state index contributed by atoms with van der Waals surface area (Å²) >= 11 is 1.32. The van der Waals surface area contributed by atoms with Crippen molar-refractivity contribution >= 4 is 41.1 Å². The van der Waals surface area contributed by atoms with Crippen LogP contribution in [0.2, 0.25) is 0 Å². The van der Waals surface area contributed by atoms with Crippen molar-refractivity contribution in [3.05, 3.63) is 59.7 Å². The largest absolute Gasteiger partial charge is 0.461 e. The van der Waals surface area contributed by atoms with Crippen LogP contribution >= 0.6 is 11.8 Å². The standard InChI is InChI=1S/C21H16N2O5S/c24-17-9-10-21(23(17)15-7-3-4-8-16(15)29-21)20(27)28-12-11-22-18(25)13-5-1-2-6-14(13)19(22)26/h1-8H,9-12H2. The lowest BCUT2D eigenvalue weighted by Crippen LogP contribution is -2.48. The van der Waals surface area contributed by atoms with Gasteiger partial charge in [0.05, 0.1) is 23.4 Å². The van der Waals surface area contributed by atoms with E-state index < -0.39 is 10.8 Å². The monoisotopic (exact) mass is 408 g/mol. The maximum absolute atomic E-state index is 13.0. The third-order valence-electron chi connectivity index (χ3n) is 5.42. The highest BCUT2D eigenvalue weighted by Gasteiger charge is 2.58. The number of hydrogen-bond acceptors (Lipinski definition) is 6. The first-order valence-corrected chi connectivity index (χ1v) is 10.1. The average molecular weight is 408 g/mol.